The summed E-state index contributed by atoms with van der Waals surface area (Å²) >= 11 is 0. The number of amides is 2. The van der Waals surface area contributed by atoms with Crippen molar-refractivity contribution in [2.75, 3.05) is 7.11 Å². The molecule has 5 nitrogen and oxygen atoms in total. The van der Waals surface area contributed by atoms with Crippen LogP contribution in [0.2, 0.25) is 0 Å². The third-order valence-electron chi connectivity index (χ3n) is 5.76. The van der Waals surface area contributed by atoms with Crippen LogP contribution in [-0.2, 0) is 14.3 Å². The minimum atomic E-state index is -0.738. The van der Waals surface area contributed by atoms with Gasteiger partial charge >= 0.3 is 0 Å². The summed E-state index contributed by atoms with van der Waals surface area (Å²) in [6.45, 7) is 9.96. The normalized spacial score (nSPS) is 34.4. The second-order valence-electron chi connectivity index (χ2n) is 6.96. The smallest absolute Gasteiger partial charge is 0.249 e. The summed E-state index contributed by atoms with van der Waals surface area (Å²) < 4.78 is 5.49. The van der Waals surface area contributed by atoms with Gasteiger partial charge in [0.25, 0.3) is 0 Å². The molecule has 1 N–H and O–H groups in total. The molecule has 2 aliphatic rings. The van der Waals surface area contributed by atoms with Crippen LogP contribution >= 0.6 is 0 Å². The first-order valence-electron chi connectivity index (χ1n) is 7.92. The van der Waals surface area contributed by atoms with Gasteiger partial charge in [-0.3, -0.25) is 9.59 Å². The van der Waals surface area contributed by atoms with Crippen LogP contribution in [0.15, 0.2) is 0 Å². The highest BCUT2D eigenvalue weighted by atomic mass is 16.5. The molecule has 3 atom stereocenters. The van der Waals surface area contributed by atoms with Gasteiger partial charge in [0.05, 0.1) is 6.10 Å². The Kier molecular flexibility index (Phi) is 4.08. The van der Waals surface area contributed by atoms with Crippen molar-refractivity contribution in [2.45, 2.75) is 77.6 Å². The van der Waals surface area contributed by atoms with Crippen LogP contribution in [0.1, 0.15) is 53.9 Å². The Labute approximate surface area is 127 Å². The van der Waals surface area contributed by atoms with E-state index in [1.807, 2.05) is 25.7 Å². The van der Waals surface area contributed by atoms with Gasteiger partial charge in [-0.1, -0.05) is 27.7 Å². The Morgan fingerprint density at radius 2 is 1.86 bits per heavy atom. The quantitative estimate of drug-likeness (QED) is 0.859. The van der Waals surface area contributed by atoms with Gasteiger partial charge in [0.2, 0.25) is 11.8 Å². The van der Waals surface area contributed by atoms with E-state index in [0.29, 0.717) is 12.8 Å². The molecule has 120 valence electrons. The molecule has 0 aromatic carbocycles. The maximum Gasteiger partial charge on any atom is 0.249 e. The highest BCUT2D eigenvalue weighted by Crippen LogP contribution is 2.47. The van der Waals surface area contributed by atoms with Crippen molar-refractivity contribution in [3.8, 4) is 0 Å². The highest BCUT2D eigenvalue weighted by molar-refractivity contribution is 5.99. The largest absolute Gasteiger partial charge is 0.381 e. The SMILES string of the molecule is CCC1(CC)NC(=O)C(C)N(C2CC(OC)C2(C)C)C1=O. The Morgan fingerprint density at radius 3 is 2.29 bits per heavy atom. The zero-order valence-corrected chi connectivity index (χ0v) is 14.0. The number of carbonyl (C=O) groups is 2. The Hall–Kier alpha value is -1.10. The molecule has 0 aromatic rings. The number of nitrogens with zero attached hydrogens (tertiary/aromatic N) is 1. The van der Waals surface area contributed by atoms with E-state index in [0.717, 1.165) is 6.42 Å². The summed E-state index contributed by atoms with van der Waals surface area (Å²) in [6.07, 6.45) is 2.19. The summed E-state index contributed by atoms with van der Waals surface area (Å²) in [7, 11) is 1.71. The minimum Gasteiger partial charge on any atom is -0.381 e. The summed E-state index contributed by atoms with van der Waals surface area (Å²) in [6, 6.07) is -0.348. The zero-order valence-electron chi connectivity index (χ0n) is 14.0. The predicted molar refractivity (Wildman–Crippen MR) is 80.7 cm³/mol. The van der Waals surface area contributed by atoms with Crippen LogP contribution in [0.3, 0.4) is 0 Å². The first-order valence-corrected chi connectivity index (χ1v) is 7.92. The lowest BCUT2D eigenvalue weighted by atomic mass is 9.62. The molecule has 0 aromatic heterocycles. The first kappa shape index (κ1) is 16.3. The third kappa shape index (κ3) is 2.17. The molecule has 21 heavy (non-hydrogen) atoms. The number of rotatable bonds is 4. The Morgan fingerprint density at radius 1 is 1.29 bits per heavy atom. The molecule has 1 saturated heterocycles. The number of hydrogen-bond donors (Lipinski definition) is 1. The van der Waals surface area contributed by atoms with Crippen LogP contribution in [0.5, 0.6) is 0 Å². The molecule has 0 spiro atoms. The lowest BCUT2D eigenvalue weighted by Crippen LogP contribution is -2.75. The Balaban J connectivity index is 2.33. The van der Waals surface area contributed by atoms with Crippen LogP contribution in [0.4, 0.5) is 0 Å². The molecule has 1 aliphatic heterocycles. The summed E-state index contributed by atoms with van der Waals surface area (Å²) in [5.74, 6) is 0.0159. The molecule has 1 heterocycles. The molecular formula is C16H28N2O3. The molecule has 1 aliphatic carbocycles. The van der Waals surface area contributed by atoms with Gasteiger partial charge in [0.1, 0.15) is 11.6 Å². The van der Waals surface area contributed by atoms with Crippen molar-refractivity contribution < 1.29 is 14.3 Å². The van der Waals surface area contributed by atoms with Gasteiger partial charge in [-0.25, -0.2) is 0 Å². The molecular weight excluding hydrogens is 268 g/mol. The van der Waals surface area contributed by atoms with Gasteiger partial charge in [-0.05, 0) is 26.2 Å². The van der Waals surface area contributed by atoms with Gasteiger partial charge in [0.15, 0.2) is 0 Å². The van der Waals surface area contributed by atoms with Crippen molar-refractivity contribution in [2.24, 2.45) is 5.41 Å². The number of hydrogen-bond acceptors (Lipinski definition) is 3. The topological polar surface area (TPSA) is 58.6 Å². The van der Waals surface area contributed by atoms with E-state index >= 15 is 0 Å². The fourth-order valence-corrected chi connectivity index (χ4v) is 3.82. The van der Waals surface area contributed by atoms with Crippen molar-refractivity contribution in [1.82, 2.24) is 10.2 Å². The number of nitrogens with one attached hydrogen (secondary N) is 1. The molecule has 5 heteroatoms. The van der Waals surface area contributed by atoms with E-state index in [-0.39, 0.29) is 29.4 Å². The molecule has 2 rings (SSSR count). The number of ether oxygens (including phenoxy) is 1. The molecule has 0 bridgehead atoms. The lowest BCUT2D eigenvalue weighted by Gasteiger charge is -2.59. The maximum atomic E-state index is 13.1. The fourth-order valence-electron chi connectivity index (χ4n) is 3.82. The average Bonchev–Trinajstić information content (AvgIpc) is 2.46. The van der Waals surface area contributed by atoms with Crippen molar-refractivity contribution in [3.63, 3.8) is 0 Å². The van der Waals surface area contributed by atoms with Crippen LogP contribution in [0, 0.1) is 5.41 Å². The minimum absolute atomic E-state index is 0.0463. The van der Waals surface area contributed by atoms with E-state index < -0.39 is 11.6 Å². The van der Waals surface area contributed by atoms with Crippen molar-refractivity contribution in [1.29, 1.82) is 0 Å². The molecule has 1 saturated carbocycles. The van der Waals surface area contributed by atoms with Crippen LogP contribution in [0.25, 0.3) is 0 Å². The standard InChI is InChI=1S/C16H28N2O3/c1-7-16(8-2)14(20)18(10(3)13(19)17-16)11-9-12(21-6)15(11,4)5/h10-12H,7-9H2,1-6H3,(H,17,19). The highest BCUT2D eigenvalue weighted by Gasteiger charge is 2.58. The van der Waals surface area contributed by atoms with Crippen molar-refractivity contribution in [3.05, 3.63) is 0 Å². The van der Waals surface area contributed by atoms with E-state index in [4.69, 9.17) is 4.74 Å². The summed E-state index contributed by atoms with van der Waals surface area (Å²) in [5.41, 5.74) is -0.860. The van der Waals surface area contributed by atoms with Gasteiger partial charge in [0, 0.05) is 18.6 Å². The molecule has 2 fully saturated rings. The summed E-state index contributed by atoms with van der Waals surface area (Å²) in [5, 5.41) is 2.95. The molecule has 2 amide bonds. The van der Waals surface area contributed by atoms with Gasteiger partial charge in [-0.15, -0.1) is 0 Å². The van der Waals surface area contributed by atoms with Crippen LogP contribution < -0.4 is 5.32 Å². The van der Waals surface area contributed by atoms with Crippen LogP contribution in [-0.4, -0.2) is 47.6 Å². The second kappa shape index (κ2) is 5.27. The lowest BCUT2D eigenvalue weighted by molar-refractivity contribution is -0.182. The zero-order chi connectivity index (χ0) is 16.0. The van der Waals surface area contributed by atoms with E-state index in [1.54, 1.807) is 7.11 Å². The third-order valence-corrected chi connectivity index (χ3v) is 5.76. The van der Waals surface area contributed by atoms with Gasteiger partial charge < -0.3 is 15.0 Å². The number of carbonyl (C=O) groups excluding carboxylic acids is 2. The maximum absolute atomic E-state index is 13.1. The first-order chi connectivity index (χ1) is 9.75. The fraction of sp³-hybridized carbons (Fsp3) is 0.875. The predicted octanol–water partition coefficient (Wildman–Crippen LogP) is 1.71. The number of piperazine rings is 1. The average molecular weight is 296 g/mol. The Bertz CT molecular complexity index is 443. The monoisotopic (exact) mass is 296 g/mol. The van der Waals surface area contributed by atoms with Gasteiger partial charge in [-0.2, -0.15) is 0 Å². The van der Waals surface area contributed by atoms with E-state index in [2.05, 4.69) is 19.2 Å². The number of methoxy groups -OCH3 is 1. The molecule has 3 unspecified atom stereocenters. The van der Waals surface area contributed by atoms with Crippen molar-refractivity contribution >= 4 is 11.8 Å². The van der Waals surface area contributed by atoms with E-state index in [9.17, 15) is 9.59 Å². The molecule has 0 radical (unpaired) electrons. The second-order valence-corrected chi connectivity index (χ2v) is 6.96. The summed E-state index contributed by atoms with van der Waals surface area (Å²) in [4.78, 5) is 27.2. The van der Waals surface area contributed by atoms with E-state index in [1.165, 1.54) is 0 Å².